The number of rotatable bonds is 2. The molecule has 0 saturated carbocycles. The van der Waals surface area contributed by atoms with Crippen molar-refractivity contribution >= 4 is 5.84 Å². The van der Waals surface area contributed by atoms with Gasteiger partial charge >= 0.3 is 0 Å². The fraction of sp³-hybridized carbons (Fsp3) is 0.364. The maximum atomic E-state index is 5.87. The minimum Gasteiger partial charge on any atom is -0.492 e. The molecule has 14 heavy (non-hydrogen) atoms. The lowest BCUT2D eigenvalue weighted by Crippen LogP contribution is -2.23. The molecule has 3 nitrogen and oxygen atoms in total. The van der Waals surface area contributed by atoms with Gasteiger partial charge in [0.15, 0.2) is 0 Å². The van der Waals surface area contributed by atoms with Gasteiger partial charge in [0.25, 0.3) is 0 Å². The van der Waals surface area contributed by atoms with Crippen LogP contribution >= 0.6 is 0 Å². The number of benzene rings is 1. The maximum absolute atomic E-state index is 5.87. The van der Waals surface area contributed by atoms with Gasteiger partial charge in [0, 0.05) is 12.1 Å². The highest BCUT2D eigenvalue weighted by Gasteiger charge is 2.26. The maximum Gasteiger partial charge on any atom is 0.123 e. The Labute approximate surface area is 83.6 Å². The van der Waals surface area contributed by atoms with E-state index in [1.54, 1.807) is 0 Å². The van der Waals surface area contributed by atoms with E-state index in [-0.39, 0.29) is 5.92 Å². The topological polar surface area (TPSA) is 47.6 Å². The second-order valence-electron chi connectivity index (χ2n) is 3.30. The van der Waals surface area contributed by atoms with E-state index < -0.39 is 0 Å². The van der Waals surface area contributed by atoms with Crippen LogP contribution in [0.15, 0.2) is 29.3 Å². The van der Waals surface area contributed by atoms with E-state index >= 15 is 0 Å². The van der Waals surface area contributed by atoms with Crippen LogP contribution < -0.4 is 10.5 Å². The van der Waals surface area contributed by atoms with E-state index in [2.05, 4.69) is 4.99 Å². The molecule has 1 atom stereocenters. The summed E-state index contributed by atoms with van der Waals surface area (Å²) < 4.78 is 5.52. The monoisotopic (exact) mass is 190 g/mol. The Morgan fingerprint density at radius 2 is 2.36 bits per heavy atom. The van der Waals surface area contributed by atoms with Crippen molar-refractivity contribution in [3.8, 4) is 5.75 Å². The van der Waals surface area contributed by atoms with Crippen LogP contribution in [-0.4, -0.2) is 19.0 Å². The number of aliphatic imine (C=N–C) groups is 1. The first-order valence-electron chi connectivity index (χ1n) is 4.84. The highest BCUT2D eigenvalue weighted by Crippen LogP contribution is 2.33. The second-order valence-corrected chi connectivity index (χ2v) is 3.30. The highest BCUT2D eigenvalue weighted by molar-refractivity contribution is 5.89. The van der Waals surface area contributed by atoms with E-state index in [1.165, 1.54) is 0 Å². The molecule has 0 radical (unpaired) electrons. The minimum atomic E-state index is 0.145. The molecule has 74 valence electrons. The molecule has 0 spiro atoms. The van der Waals surface area contributed by atoms with Crippen LogP contribution in [0.1, 0.15) is 18.4 Å². The molecule has 1 aliphatic heterocycles. The van der Waals surface area contributed by atoms with Crippen LogP contribution in [0.4, 0.5) is 0 Å². The Morgan fingerprint density at radius 3 is 3.14 bits per heavy atom. The zero-order valence-corrected chi connectivity index (χ0v) is 8.23. The summed E-state index contributed by atoms with van der Waals surface area (Å²) in [5.74, 6) is 1.76. The van der Waals surface area contributed by atoms with E-state index in [0.717, 1.165) is 17.9 Å². The fourth-order valence-electron chi connectivity index (χ4n) is 1.70. The van der Waals surface area contributed by atoms with Crippen molar-refractivity contribution in [2.45, 2.75) is 12.8 Å². The number of para-hydroxylation sites is 1. The summed E-state index contributed by atoms with van der Waals surface area (Å²) in [4.78, 5) is 4.22. The lowest BCUT2D eigenvalue weighted by Gasteiger charge is -2.07. The van der Waals surface area contributed by atoms with Crippen LogP contribution in [0.3, 0.4) is 0 Å². The van der Waals surface area contributed by atoms with Crippen molar-refractivity contribution < 1.29 is 4.74 Å². The van der Waals surface area contributed by atoms with Crippen molar-refractivity contribution in [3.63, 3.8) is 0 Å². The molecule has 0 aromatic heterocycles. The largest absolute Gasteiger partial charge is 0.492 e. The van der Waals surface area contributed by atoms with Gasteiger partial charge < -0.3 is 10.5 Å². The summed E-state index contributed by atoms with van der Waals surface area (Å²) in [5.41, 5.74) is 7.03. The van der Waals surface area contributed by atoms with Crippen LogP contribution in [0.2, 0.25) is 0 Å². The van der Waals surface area contributed by atoms with Gasteiger partial charge in [-0.05, 0) is 13.0 Å². The molecule has 0 bridgehead atoms. The van der Waals surface area contributed by atoms with Crippen LogP contribution in [0.5, 0.6) is 5.75 Å². The highest BCUT2D eigenvalue weighted by atomic mass is 16.5. The average Bonchev–Trinajstić information content (AvgIpc) is 2.61. The normalized spacial score (nSPS) is 20.4. The fourth-order valence-corrected chi connectivity index (χ4v) is 1.70. The molecule has 1 aromatic carbocycles. The molecule has 0 saturated heterocycles. The third-order valence-electron chi connectivity index (χ3n) is 2.40. The quantitative estimate of drug-likeness (QED) is 0.568. The smallest absolute Gasteiger partial charge is 0.123 e. The zero-order valence-electron chi connectivity index (χ0n) is 8.23. The van der Waals surface area contributed by atoms with Gasteiger partial charge in [-0.3, -0.25) is 4.99 Å². The Hall–Kier alpha value is -1.51. The van der Waals surface area contributed by atoms with Crippen molar-refractivity contribution in [3.05, 3.63) is 29.8 Å². The molecule has 1 unspecified atom stereocenters. The molecule has 0 fully saturated rings. The Bertz CT molecular complexity index is 360. The molecule has 1 aromatic rings. The molecule has 3 heteroatoms. The summed E-state index contributed by atoms with van der Waals surface area (Å²) in [5, 5.41) is 0. The van der Waals surface area contributed by atoms with Gasteiger partial charge in [0.05, 0.1) is 5.92 Å². The van der Waals surface area contributed by atoms with Gasteiger partial charge in [-0.25, -0.2) is 0 Å². The third kappa shape index (κ3) is 1.45. The van der Waals surface area contributed by atoms with Crippen molar-refractivity contribution in [1.29, 1.82) is 0 Å². The number of ether oxygens (including phenoxy) is 1. The Kier molecular flexibility index (Phi) is 2.39. The van der Waals surface area contributed by atoms with E-state index in [4.69, 9.17) is 10.5 Å². The van der Waals surface area contributed by atoms with Gasteiger partial charge in [0.2, 0.25) is 0 Å². The summed E-state index contributed by atoms with van der Waals surface area (Å²) in [7, 11) is 0. The zero-order chi connectivity index (χ0) is 9.97. The lowest BCUT2D eigenvalue weighted by molar-refractivity contribution is 0.349. The molecular formula is C11H14N2O. The standard InChI is InChI=1S/C11H14N2O/c1-2-13-11(12)9-7-14-10-6-4-3-5-8(9)10/h3-6,9H,2,7H2,1H3,(H2,12,13). The summed E-state index contributed by atoms with van der Waals surface area (Å²) in [6, 6.07) is 7.98. The summed E-state index contributed by atoms with van der Waals surface area (Å²) in [6.45, 7) is 3.33. The Morgan fingerprint density at radius 1 is 1.57 bits per heavy atom. The number of nitrogens with two attached hydrogens (primary N) is 1. The van der Waals surface area contributed by atoms with E-state index in [9.17, 15) is 0 Å². The van der Waals surface area contributed by atoms with Gasteiger partial charge in [-0.15, -0.1) is 0 Å². The van der Waals surface area contributed by atoms with E-state index in [1.807, 2.05) is 31.2 Å². The predicted octanol–water partition coefficient (Wildman–Crippen LogP) is 1.54. The Balaban J connectivity index is 2.30. The number of nitrogens with zero attached hydrogens (tertiary/aromatic N) is 1. The lowest BCUT2D eigenvalue weighted by atomic mass is 10.0. The summed E-state index contributed by atoms with van der Waals surface area (Å²) >= 11 is 0. The first kappa shape index (κ1) is 9.06. The molecule has 0 amide bonds. The molecular weight excluding hydrogens is 176 g/mol. The van der Waals surface area contributed by atoms with Crippen molar-refractivity contribution in [2.24, 2.45) is 10.7 Å². The van der Waals surface area contributed by atoms with E-state index in [0.29, 0.717) is 12.4 Å². The molecule has 1 aliphatic rings. The van der Waals surface area contributed by atoms with Gasteiger partial charge in [-0.2, -0.15) is 0 Å². The first-order chi connectivity index (χ1) is 6.83. The number of amidine groups is 1. The van der Waals surface area contributed by atoms with Crippen molar-refractivity contribution in [1.82, 2.24) is 0 Å². The second kappa shape index (κ2) is 3.70. The predicted molar refractivity (Wildman–Crippen MR) is 56.8 cm³/mol. The summed E-state index contributed by atoms with van der Waals surface area (Å²) in [6.07, 6.45) is 0. The van der Waals surface area contributed by atoms with Crippen LogP contribution in [-0.2, 0) is 0 Å². The SMILES string of the molecule is CCN=C(N)C1COc2ccccc21. The molecule has 0 aliphatic carbocycles. The van der Waals surface area contributed by atoms with Crippen LogP contribution in [0, 0.1) is 0 Å². The first-order valence-corrected chi connectivity index (χ1v) is 4.84. The molecule has 2 rings (SSSR count). The van der Waals surface area contributed by atoms with Gasteiger partial charge in [-0.1, -0.05) is 18.2 Å². The number of hydrogen-bond donors (Lipinski definition) is 1. The van der Waals surface area contributed by atoms with Gasteiger partial charge in [0.1, 0.15) is 18.2 Å². The molecule has 2 N–H and O–H groups in total. The number of hydrogen-bond acceptors (Lipinski definition) is 2. The number of fused-ring (bicyclic) bond motifs is 1. The van der Waals surface area contributed by atoms with Crippen LogP contribution in [0.25, 0.3) is 0 Å². The van der Waals surface area contributed by atoms with Crippen molar-refractivity contribution in [2.75, 3.05) is 13.2 Å². The average molecular weight is 190 g/mol. The third-order valence-corrected chi connectivity index (χ3v) is 2.40. The minimum absolute atomic E-state index is 0.145. The molecule has 1 heterocycles.